The number of carbonyl (C=O) groups excluding carboxylic acids is 3. The van der Waals surface area contributed by atoms with Crippen molar-refractivity contribution < 1.29 is 28.6 Å². The van der Waals surface area contributed by atoms with E-state index in [9.17, 15) is 14.4 Å². The smallest absolute Gasteiger partial charge is 0.303 e. The van der Waals surface area contributed by atoms with Crippen molar-refractivity contribution in [1.82, 2.24) is 0 Å². The molecule has 0 saturated heterocycles. The van der Waals surface area contributed by atoms with Gasteiger partial charge in [-0.2, -0.15) is 0 Å². The fourth-order valence-corrected chi connectivity index (χ4v) is 3.12. The summed E-state index contributed by atoms with van der Waals surface area (Å²) in [4.78, 5) is 34.1. The van der Waals surface area contributed by atoms with Gasteiger partial charge in [-0.15, -0.1) is 0 Å². The summed E-state index contributed by atoms with van der Waals surface area (Å²) in [7, 11) is 0. The number of unbranched alkanes of at least 4 members (excludes halogenated alkanes) is 7. The van der Waals surface area contributed by atoms with E-state index in [4.69, 9.17) is 14.2 Å². The summed E-state index contributed by atoms with van der Waals surface area (Å²) >= 11 is 0. The SMILES string of the molecule is CCCCCCCCCCC(C)C(OC(C)=O)C(COC(C)=O)OC(C)=O. The van der Waals surface area contributed by atoms with Crippen LogP contribution in [0.3, 0.4) is 0 Å². The van der Waals surface area contributed by atoms with E-state index in [1.165, 1.54) is 59.3 Å². The molecule has 0 spiro atoms. The van der Waals surface area contributed by atoms with Gasteiger partial charge in [0.1, 0.15) is 12.7 Å². The topological polar surface area (TPSA) is 78.9 Å². The van der Waals surface area contributed by atoms with Crippen molar-refractivity contribution in [3.05, 3.63) is 0 Å². The maximum atomic E-state index is 11.5. The van der Waals surface area contributed by atoms with Crippen LogP contribution in [0, 0.1) is 5.92 Å². The summed E-state index contributed by atoms with van der Waals surface area (Å²) in [6, 6.07) is 0. The van der Waals surface area contributed by atoms with Crippen molar-refractivity contribution in [3.63, 3.8) is 0 Å². The standard InChI is InChI=1S/C21H38O6/c1-6-7-8-9-10-11-12-13-14-16(2)21(27-19(5)24)20(26-18(4)23)15-25-17(3)22/h16,20-21H,6-15H2,1-5H3. The van der Waals surface area contributed by atoms with Gasteiger partial charge in [0, 0.05) is 20.8 Å². The van der Waals surface area contributed by atoms with Crippen LogP contribution < -0.4 is 0 Å². The molecule has 27 heavy (non-hydrogen) atoms. The zero-order valence-corrected chi connectivity index (χ0v) is 17.8. The Morgan fingerprint density at radius 3 is 1.74 bits per heavy atom. The van der Waals surface area contributed by atoms with Gasteiger partial charge < -0.3 is 14.2 Å². The summed E-state index contributed by atoms with van der Waals surface area (Å²) in [6.45, 7) is 7.97. The van der Waals surface area contributed by atoms with Gasteiger partial charge in [-0.05, 0) is 12.3 Å². The fraction of sp³-hybridized carbons (Fsp3) is 0.857. The van der Waals surface area contributed by atoms with Gasteiger partial charge in [0.2, 0.25) is 0 Å². The predicted octanol–water partition coefficient (Wildman–Crippen LogP) is 4.58. The first-order valence-corrected chi connectivity index (χ1v) is 10.3. The van der Waals surface area contributed by atoms with Crippen molar-refractivity contribution in [3.8, 4) is 0 Å². The van der Waals surface area contributed by atoms with Crippen LogP contribution in [0.15, 0.2) is 0 Å². The van der Waals surface area contributed by atoms with Crippen LogP contribution in [0.25, 0.3) is 0 Å². The Morgan fingerprint density at radius 2 is 1.26 bits per heavy atom. The minimum atomic E-state index is -0.792. The molecule has 0 fully saturated rings. The highest BCUT2D eigenvalue weighted by Gasteiger charge is 2.33. The number of hydrogen-bond acceptors (Lipinski definition) is 6. The van der Waals surface area contributed by atoms with Crippen molar-refractivity contribution in [2.75, 3.05) is 6.61 Å². The van der Waals surface area contributed by atoms with Crippen LogP contribution in [0.1, 0.15) is 92.4 Å². The van der Waals surface area contributed by atoms with Gasteiger partial charge in [-0.1, -0.05) is 65.2 Å². The lowest BCUT2D eigenvalue weighted by Gasteiger charge is -2.30. The molecule has 6 heteroatoms. The molecule has 6 nitrogen and oxygen atoms in total. The van der Waals surface area contributed by atoms with Gasteiger partial charge in [-0.25, -0.2) is 0 Å². The molecule has 0 aromatic carbocycles. The van der Waals surface area contributed by atoms with Crippen LogP contribution in [-0.4, -0.2) is 36.7 Å². The third-order valence-electron chi connectivity index (χ3n) is 4.51. The molecule has 0 aliphatic rings. The molecule has 0 aliphatic heterocycles. The summed E-state index contributed by atoms with van der Waals surface area (Å²) in [5.41, 5.74) is 0. The number of rotatable bonds is 15. The third kappa shape index (κ3) is 14.2. The summed E-state index contributed by atoms with van der Waals surface area (Å²) in [6.07, 6.45) is 9.20. The van der Waals surface area contributed by atoms with Crippen LogP contribution in [-0.2, 0) is 28.6 Å². The lowest BCUT2D eigenvalue weighted by atomic mass is 9.93. The molecule has 3 unspecified atom stereocenters. The molecule has 0 rings (SSSR count). The molecule has 0 aromatic rings. The van der Waals surface area contributed by atoms with E-state index in [0.29, 0.717) is 0 Å². The number of esters is 3. The Balaban J connectivity index is 4.56. The molecule has 0 radical (unpaired) electrons. The third-order valence-corrected chi connectivity index (χ3v) is 4.51. The number of carbonyl (C=O) groups is 3. The Hall–Kier alpha value is -1.59. The van der Waals surface area contributed by atoms with Gasteiger partial charge >= 0.3 is 17.9 Å². The van der Waals surface area contributed by atoms with E-state index in [2.05, 4.69) is 6.92 Å². The monoisotopic (exact) mass is 386 g/mol. The van der Waals surface area contributed by atoms with Crippen molar-refractivity contribution in [1.29, 1.82) is 0 Å². The lowest BCUT2D eigenvalue weighted by molar-refractivity contribution is -0.177. The average Bonchev–Trinajstić information content (AvgIpc) is 2.58. The predicted molar refractivity (Wildman–Crippen MR) is 104 cm³/mol. The molecule has 0 saturated carbocycles. The molecule has 0 N–H and O–H groups in total. The van der Waals surface area contributed by atoms with Crippen molar-refractivity contribution in [2.45, 2.75) is 105 Å². The Morgan fingerprint density at radius 1 is 0.741 bits per heavy atom. The zero-order chi connectivity index (χ0) is 20.7. The largest absolute Gasteiger partial charge is 0.462 e. The maximum absolute atomic E-state index is 11.5. The molecule has 0 amide bonds. The van der Waals surface area contributed by atoms with Crippen LogP contribution in [0.2, 0.25) is 0 Å². The van der Waals surface area contributed by atoms with Crippen LogP contribution in [0.5, 0.6) is 0 Å². The van der Waals surface area contributed by atoms with Gasteiger partial charge in [-0.3, -0.25) is 14.4 Å². The zero-order valence-electron chi connectivity index (χ0n) is 17.8. The second-order valence-corrected chi connectivity index (χ2v) is 7.27. The molecule has 158 valence electrons. The Kier molecular flexibility index (Phi) is 14.6. The Labute approximate surface area is 164 Å². The summed E-state index contributed by atoms with van der Waals surface area (Å²) in [5, 5.41) is 0. The summed E-state index contributed by atoms with van der Waals surface area (Å²) in [5.74, 6) is -1.41. The first-order valence-electron chi connectivity index (χ1n) is 10.3. The van der Waals surface area contributed by atoms with E-state index in [1.54, 1.807) is 0 Å². The first kappa shape index (κ1) is 25.4. The van der Waals surface area contributed by atoms with Crippen LogP contribution in [0.4, 0.5) is 0 Å². The minimum absolute atomic E-state index is 0.00565. The van der Waals surface area contributed by atoms with Crippen molar-refractivity contribution >= 4 is 17.9 Å². The molecule has 0 bridgehead atoms. The van der Waals surface area contributed by atoms with E-state index >= 15 is 0 Å². The molecule has 0 aliphatic carbocycles. The number of ether oxygens (including phenoxy) is 3. The maximum Gasteiger partial charge on any atom is 0.303 e. The molecular formula is C21H38O6. The highest BCUT2D eigenvalue weighted by Crippen LogP contribution is 2.22. The van der Waals surface area contributed by atoms with Gasteiger partial charge in [0.05, 0.1) is 0 Å². The molecule has 0 aromatic heterocycles. The minimum Gasteiger partial charge on any atom is -0.462 e. The van der Waals surface area contributed by atoms with Gasteiger partial charge in [0.15, 0.2) is 6.10 Å². The first-order chi connectivity index (χ1) is 12.8. The quantitative estimate of drug-likeness (QED) is 0.233. The molecule has 3 atom stereocenters. The lowest BCUT2D eigenvalue weighted by Crippen LogP contribution is -2.42. The van der Waals surface area contributed by atoms with Gasteiger partial charge in [0.25, 0.3) is 0 Å². The highest BCUT2D eigenvalue weighted by atomic mass is 16.6. The van der Waals surface area contributed by atoms with E-state index in [0.717, 1.165) is 19.3 Å². The normalized spacial score (nSPS) is 14.1. The van der Waals surface area contributed by atoms with Crippen molar-refractivity contribution in [2.24, 2.45) is 5.92 Å². The number of hydrogen-bond donors (Lipinski definition) is 0. The molecular weight excluding hydrogens is 348 g/mol. The average molecular weight is 387 g/mol. The highest BCUT2D eigenvalue weighted by molar-refractivity contribution is 5.68. The second kappa shape index (κ2) is 15.5. The Bertz CT molecular complexity index is 434. The fourth-order valence-electron chi connectivity index (χ4n) is 3.12. The second-order valence-electron chi connectivity index (χ2n) is 7.27. The van der Waals surface area contributed by atoms with Crippen LogP contribution >= 0.6 is 0 Å². The van der Waals surface area contributed by atoms with E-state index < -0.39 is 30.1 Å². The summed E-state index contributed by atoms with van der Waals surface area (Å²) < 4.78 is 15.7. The van der Waals surface area contributed by atoms with E-state index in [-0.39, 0.29) is 12.5 Å². The molecule has 0 heterocycles. The van der Waals surface area contributed by atoms with E-state index in [1.807, 2.05) is 6.92 Å².